The molecule has 1 aromatic rings. The van der Waals surface area contributed by atoms with Crippen LogP contribution in [0.2, 0.25) is 0 Å². The van der Waals surface area contributed by atoms with E-state index >= 15 is 0 Å². The van der Waals surface area contributed by atoms with E-state index in [4.69, 9.17) is 4.52 Å². The third kappa shape index (κ3) is 5.65. The zero-order valence-corrected chi connectivity index (χ0v) is 16.0. The molecule has 1 aromatic heterocycles. The van der Waals surface area contributed by atoms with Gasteiger partial charge in [-0.1, -0.05) is 32.9 Å². The first-order chi connectivity index (χ1) is 11.9. The van der Waals surface area contributed by atoms with Crippen LogP contribution in [0.3, 0.4) is 0 Å². The number of hydrogen-bond acceptors (Lipinski definition) is 5. The quantitative estimate of drug-likeness (QED) is 0.673. The SMILES string of the molecule is CC(C)C(=O)CCCCc1nc(C2CCCN(C(=O)C(C)C)C2)no1. The molecule has 0 bridgehead atoms. The molecule has 0 aromatic carbocycles. The van der Waals surface area contributed by atoms with Crippen LogP contribution < -0.4 is 0 Å². The van der Waals surface area contributed by atoms with Gasteiger partial charge < -0.3 is 9.42 Å². The van der Waals surface area contributed by atoms with E-state index < -0.39 is 0 Å². The van der Waals surface area contributed by atoms with Crippen LogP contribution in [0.15, 0.2) is 4.52 Å². The number of piperidine rings is 1. The molecule has 1 amide bonds. The molecule has 1 saturated heterocycles. The molecule has 1 atom stereocenters. The molecule has 6 nitrogen and oxygen atoms in total. The number of Topliss-reactive ketones (excluding diaryl/α,β-unsaturated/α-hetero) is 1. The maximum absolute atomic E-state index is 12.2. The van der Waals surface area contributed by atoms with E-state index in [-0.39, 0.29) is 23.7 Å². The Balaban J connectivity index is 1.82. The summed E-state index contributed by atoms with van der Waals surface area (Å²) in [6, 6.07) is 0. The van der Waals surface area contributed by atoms with E-state index in [9.17, 15) is 9.59 Å². The number of carbonyl (C=O) groups excluding carboxylic acids is 2. The molecule has 1 unspecified atom stereocenters. The number of rotatable bonds is 8. The second-order valence-corrected chi connectivity index (χ2v) is 7.65. The first-order valence-corrected chi connectivity index (χ1v) is 9.52. The smallest absolute Gasteiger partial charge is 0.226 e. The van der Waals surface area contributed by atoms with Gasteiger partial charge in [0.1, 0.15) is 5.78 Å². The number of aromatic nitrogens is 2. The standard InChI is InChI=1S/C19H31N3O3/c1-13(2)16(23)9-5-6-10-17-20-18(21-25-17)15-8-7-11-22(12-15)19(24)14(3)4/h13-15H,5-12H2,1-4H3. The van der Waals surface area contributed by atoms with Gasteiger partial charge in [-0.25, -0.2) is 0 Å². The highest BCUT2D eigenvalue weighted by Crippen LogP contribution is 2.26. The largest absolute Gasteiger partial charge is 0.342 e. The van der Waals surface area contributed by atoms with Gasteiger partial charge in [0, 0.05) is 43.7 Å². The van der Waals surface area contributed by atoms with Gasteiger partial charge in [-0.3, -0.25) is 9.59 Å². The highest BCUT2D eigenvalue weighted by atomic mass is 16.5. The minimum atomic E-state index is 0.0214. The van der Waals surface area contributed by atoms with E-state index in [1.165, 1.54) is 0 Å². The van der Waals surface area contributed by atoms with Crippen molar-refractivity contribution >= 4 is 11.7 Å². The average Bonchev–Trinajstić information content (AvgIpc) is 3.06. The van der Waals surface area contributed by atoms with Crippen molar-refractivity contribution < 1.29 is 14.1 Å². The molecule has 0 aliphatic carbocycles. The van der Waals surface area contributed by atoms with Gasteiger partial charge in [0.05, 0.1) is 0 Å². The molecule has 0 N–H and O–H groups in total. The number of carbonyl (C=O) groups is 2. The number of aryl methyl sites for hydroxylation is 1. The fourth-order valence-electron chi connectivity index (χ4n) is 3.15. The molecule has 2 heterocycles. The molecule has 1 aliphatic rings. The summed E-state index contributed by atoms with van der Waals surface area (Å²) in [5.41, 5.74) is 0. The topological polar surface area (TPSA) is 76.3 Å². The number of ketones is 1. The zero-order valence-electron chi connectivity index (χ0n) is 16.0. The third-order valence-corrected chi connectivity index (χ3v) is 4.78. The Labute approximate surface area is 150 Å². The minimum absolute atomic E-state index is 0.0214. The lowest BCUT2D eigenvalue weighted by molar-refractivity contribution is -0.135. The number of nitrogens with zero attached hydrogens (tertiary/aromatic N) is 3. The lowest BCUT2D eigenvalue weighted by atomic mass is 9.96. The predicted molar refractivity (Wildman–Crippen MR) is 95.1 cm³/mol. The minimum Gasteiger partial charge on any atom is -0.342 e. The first kappa shape index (κ1) is 19.6. The maximum Gasteiger partial charge on any atom is 0.226 e. The van der Waals surface area contributed by atoms with E-state index in [1.54, 1.807) is 0 Å². The summed E-state index contributed by atoms with van der Waals surface area (Å²) in [5.74, 6) is 2.16. The number of unbranched alkanes of at least 4 members (excludes halogenated alkanes) is 1. The van der Waals surface area contributed by atoms with Crippen molar-refractivity contribution in [2.45, 2.75) is 72.1 Å². The monoisotopic (exact) mass is 349 g/mol. The van der Waals surface area contributed by atoms with Gasteiger partial charge in [-0.15, -0.1) is 0 Å². The number of hydrogen-bond donors (Lipinski definition) is 0. The van der Waals surface area contributed by atoms with Crippen molar-refractivity contribution in [2.75, 3.05) is 13.1 Å². The molecule has 6 heteroatoms. The summed E-state index contributed by atoms with van der Waals surface area (Å²) in [4.78, 5) is 30.3. The highest BCUT2D eigenvalue weighted by Gasteiger charge is 2.28. The molecule has 1 fully saturated rings. The molecule has 0 radical (unpaired) electrons. The molecular weight excluding hydrogens is 318 g/mol. The van der Waals surface area contributed by atoms with Crippen molar-refractivity contribution in [3.63, 3.8) is 0 Å². The Bertz CT molecular complexity index is 580. The molecule has 1 aliphatic heterocycles. The third-order valence-electron chi connectivity index (χ3n) is 4.78. The summed E-state index contributed by atoms with van der Waals surface area (Å²) in [6.07, 6.45) is 5.03. The second kappa shape index (κ2) is 9.11. The highest BCUT2D eigenvalue weighted by molar-refractivity contribution is 5.80. The van der Waals surface area contributed by atoms with Crippen molar-refractivity contribution in [3.05, 3.63) is 11.7 Å². The Hall–Kier alpha value is -1.72. The summed E-state index contributed by atoms with van der Waals surface area (Å²) in [7, 11) is 0. The van der Waals surface area contributed by atoms with Crippen LogP contribution in [0, 0.1) is 11.8 Å². The van der Waals surface area contributed by atoms with Crippen LogP contribution in [0.25, 0.3) is 0 Å². The Morgan fingerprint density at radius 3 is 2.64 bits per heavy atom. The summed E-state index contributed by atoms with van der Waals surface area (Å²) >= 11 is 0. The Morgan fingerprint density at radius 1 is 1.20 bits per heavy atom. The van der Waals surface area contributed by atoms with Crippen molar-refractivity contribution in [1.29, 1.82) is 0 Å². The molecule has 0 spiro atoms. The van der Waals surface area contributed by atoms with Crippen molar-refractivity contribution in [3.8, 4) is 0 Å². The van der Waals surface area contributed by atoms with Gasteiger partial charge in [-0.2, -0.15) is 4.98 Å². The summed E-state index contributed by atoms with van der Waals surface area (Å²) in [6.45, 7) is 9.24. The van der Waals surface area contributed by atoms with Crippen LogP contribution in [0.1, 0.15) is 77.4 Å². The van der Waals surface area contributed by atoms with Gasteiger partial charge in [-0.05, 0) is 25.7 Å². The van der Waals surface area contributed by atoms with Gasteiger partial charge in [0.25, 0.3) is 0 Å². The molecule has 140 valence electrons. The van der Waals surface area contributed by atoms with E-state index in [2.05, 4.69) is 10.1 Å². The fraction of sp³-hybridized carbons (Fsp3) is 0.789. The van der Waals surface area contributed by atoms with E-state index in [1.807, 2.05) is 32.6 Å². The van der Waals surface area contributed by atoms with Crippen molar-refractivity contribution in [1.82, 2.24) is 15.0 Å². The van der Waals surface area contributed by atoms with E-state index in [0.29, 0.717) is 31.1 Å². The molecule has 25 heavy (non-hydrogen) atoms. The zero-order chi connectivity index (χ0) is 18.4. The van der Waals surface area contributed by atoms with E-state index in [0.717, 1.165) is 38.1 Å². The van der Waals surface area contributed by atoms with Crippen LogP contribution in [0.4, 0.5) is 0 Å². The average molecular weight is 349 g/mol. The van der Waals surface area contributed by atoms with Crippen LogP contribution >= 0.6 is 0 Å². The van der Waals surface area contributed by atoms with Crippen LogP contribution in [-0.4, -0.2) is 39.8 Å². The second-order valence-electron chi connectivity index (χ2n) is 7.65. The molecular formula is C19H31N3O3. The first-order valence-electron chi connectivity index (χ1n) is 9.52. The number of amides is 1. The molecule has 0 saturated carbocycles. The fourth-order valence-corrected chi connectivity index (χ4v) is 3.15. The lowest BCUT2D eigenvalue weighted by Crippen LogP contribution is -2.41. The maximum atomic E-state index is 12.2. The van der Waals surface area contributed by atoms with Crippen LogP contribution in [0.5, 0.6) is 0 Å². The van der Waals surface area contributed by atoms with Gasteiger partial charge >= 0.3 is 0 Å². The van der Waals surface area contributed by atoms with Gasteiger partial charge in [0.15, 0.2) is 5.82 Å². The Kier molecular flexibility index (Phi) is 7.14. The number of likely N-dealkylation sites (tertiary alicyclic amines) is 1. The summed E-state index contributed by atoms with van der Waals surface area (Å²) < 4.78 is 5.37. The van der Waals surface area contributed by atoms with Crippen LogP contribution in [-0.2, 0) is 16.0 Å². The normalized spacial score (nSPS) is 18.2. The van der Waals surface area contributed by atoms with Gasteiger partial charge in [0.2, 0.25) is 11.8 Å². The Morgan fingerprint density at radius 2 is 1.96 bits per heavy atom. The molecule has 2 rings (SSSR count). The predicted octanol–water partition coefficient (Wildman–Crippen LogP) is 3.37. The lowest BCUT2D eigenvalue weighted by Gasteiger charge is -2.32. The summed E-state index contributed by atoms with van der Waals surface area (Å²) in [5, 5.41) is 4.13. The van der Waals surface area contributed by atoms with Crippen molar-refractivity contribution in [2.24, 2.45) is 11.8 Å².